The number of para-hydroxylation sites is 1. The number of carbonyl (C=O) groups is 2. The summed E-state index contributed by atoms with van der Waals surface area (Å²) in [6.45, 7) is 3.73. The van der Waals surface area contributed by atoms with Crippen molar-refractivity contribution >= 4 is 28.4 Å². The van der Waals surface area contributed by atoms with E-state index in [1.54, 1.807) is 31.5 Å². The maximum absolute atomic E-state index is 13.1. The van der Waals surface area contributed by atoms with E-state index < -0.39 is 11.8 Å². The fraction of sp³-hybridized carbons (Fsp3) is 0.0800. The number of fused-ring (bicyclic) bond motifs is 2. The van der Waals surface area contributed by atoms with Crippen molar-refractivity contribution in [2.75, 3.05) is 0 Å². The molecular formula is C25H20N6O2. The standard InChI is InChI=1S/C25H20N6O2/c1-15-8-10-17(11-9-15)21-14-19(18-6-3-4-7-20(18)27-21)24(32)28-29-25(33)22-16(2)30-31-13-5-12-26-23(22)31/h3-14H,1-2H3,(H,28,32)(H,29,33). The summed E-state index contributed by atoms with van der Waals surface area (Å²) < 4.78 is 1.52. The van der Waals surface area contributed by atoms with E-state index in [0.717, 1.165) is 11.1 Å². The van der Waals surface area contributed by atoms with Gasteiger partial charge in [0.05, 0.1) is 22.5 Å². The van der Waals surface area contributed by atoms with Gasteiger partial charge in [-0.15, -0.1) is 0 Å². The minimum atomic E-state index is -0.494. The molecule has 0 atom stereocenters. The summed E-state index contributed by atoms with van der Waals surface area (Å²) in [5.41, 5.74) is 10.1. The summed E-state index contributed by atoms with van der Waals surface area (Å²) in [5, 5.41) is 4.97. The van der Waals surface area contributed by atoms with Crippen LogP contribution in [0, 0.1) is 13.8 Å². The van der Waals surface area contributed by atoms with Gasteiger partial charge in [0.2, 0.25) is 0 Å². The molecule has 0 aliphatic rings. The molecule has 0 aliphatic heterocycles. The highest BCUT2D eigenvalue weighted by Crippen LogP contribution is 2.25. The molecule has 3 aromatic heterocycles. The number of hydrogen-bond donors (Lipinski definition) is 2. The van der Waals surface area contributed by atoms with E-state index in [1.165, 1.54) is 4.52 Å². The molecule has 0 unspecified atom stereocenters. The Morgan fingerprint density at radius 1 is 0.909 bits per heavy atom. The third-order valence-corrected chi connectivity index (χ3v) is 5.40. The molecule has 0 saturated heterocycles. The number of hydrazine groups is 1. The van der Waals surface area contributed by atoms with E-state index in [2.05, 4.69) is 20.9 Å². The summed E-state index contributed by atoms with van der Waals surface area (Å²) in [6.07, 6.45) is 3.29. The Labute approximate surface area is 189 Å². The fourth-order valence-corrected chi connectivity index (χ4v) is 3.74. The molecule has 2 amide bonds. The topological polar surface area (TPSA) is 101 Å². The van der Waals surface area contributed by atoms with Gasteiger partial charge in [0.25, 0.3) is 11.8 Å². The number of hydrogen-bond acceptors (Lipinski definition) is 5. The quantitative estimate of drug-likeness (QED) is 0.421. The number of carbonyl (C=O) groups excluding carboxylic acids is 2. The Balaban J connectivity index is 1.46. The van der Waals surface area contributed by atoms with Crippen LogP contribution in [0.4, 0.5) is 0 Å². The van der Waals surface area contributed by atoms with Crippen LogP contribution in [0.5, 0.6) is 0 Å². The second kappa shape index (κ2) is 8.16. The number of nitrogens with one attached hydrogen (secondary N) is 2. The van der Waals surface area contributed by atoms with E-state index in [0.29, 0.717) is 39.1 Å². The highest BCUT2D eigenvalue weighted by atomic mass is 16.2. The molecular weight excluding hydrogens is 416 g/mol. The van der Waals surface area contributed by atoms with Crippen molar-refractivity contribution < 1.29 is 9.59 Å². The van der Waals surface area contributed by atoms with Gasteiger partial charge in [0.1, 0.15) is 5.56 Å². The van der Waals surface area contributed by atoms with E-state index >= 15 is 0 Å². The Kier molecular flexibility index (Phi) is 5.02. The minimum absolute atomic E-state index is 0.302. The van der Waals surface area contributed by atoms with Gasteiger partial charge in [-0.2, -0.15) is 5.10 Å². The van der Waals surface area contributed by atoms with Gasteiger partial charge in [0, 0.05) is 23.3 Å². The largest absolute Gasteiger partial charge is 0.275 e. The van der Waals surface area contributed by atoms with Gasteiger partial charge in [0.15, 0.2) is 5.65 Å². The average molecular weight is 436 g/mol. The van der Waals surface area contributed by atoms with Gasteiger partial charge in [-0.1, -0.05) is 48.0 Å². The van der Waals surface area contributed by atoms with Gasteiger partial charge >= 0.3 is 0 Å². The smallest absolute Gasteiger partial charge is 0.267 e. The van der Waals surface area contributed by atoms with Crippen molar-refractivity contribution in [1.29, 1.82) is 0 Å². The lowest BCUT2D eigenvalue weighted by atomic mass is 10.0. The number of aromatic nitrogens is 4. The first-order chi connectivity index (χ1) is 16.0. The van der Waals surface area contributed by atoms with Gasteiger partial charge in [-0.25, -0.2) is 14.5 Å². The van der Waals surface area contributed by atoms with Crippen LogP contribution >= 0.6 is 0 Å². The first-order valence-electron chi connectivity index (χ1n) is 10.4. The van der Waals surface area contributed by atoms with Gasteiger partial charge in [-0.05, 0) is 32.0 Å². The van der Waals surface area contributed by atoms with Crippen LogP contribution in [0.15, 0.2) is 73.1 Å². The van der Waals surface area contributed by atoms with Gasteiger partial charge < -0.3 is 0 Å². The number of benzene rings is 2. The number of nitrogens with zero attached hydrogens (tertiary/aromatic N) is 4. The number of rotatable bonds is 3. The van der Waals surface area contributed by atoms with Crippen LogP contribution in [0.3, 0.4) is 0 Å². The number of aryl methyl sites for hydroxylation is 2. The Hall–Kier alpha value is -4.59. The minimum Gasteiger partial charge on any atom is -0.267 e. The first kappa shape index (κ1) is 20.3. The summed E-state index contributed by atoms with van der Waals surface area (Å²) in [4.78, 5) is 34.9. The molecule has 3 heterocycles. The Morgan fingerprint density at radius 3 is 2.48 bits per heavy atom. The van der Waals surface area contributed by atoms with Crippen molar-refractivity contribution in [3.05, 3.63) is 95.4 Å². The molecule has 5 aromatic rings. The highest BCUT2D eigenvalue weighted by Gasteiger charge is 2.20. The van der Waals surface area contributed by atoms with Crippen molar-refractivity contribution in [2.45, 2.75) is 13.8 Å². The van der Waals surface area contributed by atoms with Crippen LogP contribution < -0.4 is 10.9 Å². The molecule has 2 aromatic carbocycles. The molecule has 0 fully saturated rings. The van der Waals surface area contributed by atoms with E-state index in [4.69, 9.17) is 4.98 Å². The van der Waals surface area contributed by atoms with E-state index in [9.17, 15) is 9.59 Å². The molecule has 0 saturated carbocycles. The van der Waals surface area contributed by atoms with E-state index in [-0.39, 0.29) is 0 Å². The zero-order chi connectivity index (χ0) is 22.9. The summed E-state index contributed by atoms with van der Waals surface area (Å²) in [5.74, 6) is -0.941. The SMILES string of the molecule is Cc1ccc(-c2cc(C(=O)NNC(=O)c3c(C)nn4cccnc34)c3ccccc3n2)cc1. The predicted molar refractivity (Wildman–Crippen MR) is 125 cm³/mol. The fourth-order valence-electron chi connectivity index (χ4n) is 3.74. The lowest BCUT2D eigenvalue weighted by Gasteiger charge is -2.11. The highest BCUT2D eigenvalue weighted by molar-refractivity contribution is 6.08. The summed E-state index contributed by atoms with van der Waals surface area (Å²) >= 11 is 0. The van der Waals surface area contributed by atoms with Gasteiger partial charge in [-0.3, -0.25) is 20.4 Å². The molecule has 2 N–H and O–H groups in total. The lowest BCUT2D eigenvalue weighted by molar-refractivity contribution is 0.0848. The van der Waals surface area contributed by atoms with Crippen molar-refractivity contribution in [2.24, 2.45) is 0 Å². The van der Waals surface area contributed by atoms with Crippen molar-refractivity contribution in [3.63, 3.8) is 0 Å². The van der Waals surface area contributed by atoms with E-state index in [1.807, 2.05) is 55.5 Å². The lowest BCUT2D eigenvalue weighted by Crippen LogP contribution is -2.42. The zero-order valence-corrected chi connectivity index (χ0v) is 18.0. The molecule has 8 nitrogen and oxygen atoms in total. The second-order valence-corrected chi connectivity index (χ2v) is 7.69. The monoisotopic (exact) mass is 436 g/mol. The van der Waals surface area contributed by atoms with Crippen LogP contribution in [-0.4, -0.2) is 31.4 Å². The Morgan fingerprint density at radius 2 is 1.67 bits per heavy atom. The molecule has 0 radical (unpaired) electrons. The van der Waals surface area contributed by atoms with Crippen LogP contribution in [0.2, 0.25) is 0 Å². The maximum Gasteiger partial charge on any atom is 0.275 e. The third-order valence-electron chi connectivity index (χ3n) is 5.40. The first-order valence-corrected chi connectivity index (χ1v) is 10.4. The zero-order valence-electron chi connectivity index (χ0n) is 18.0. The Bertz CT molecular complexity index is 1520. The number of pyridine rings is 1. The second-order valence-electron chi connectivity index (χ2n) is 7.69. The molecule has 5 rings (SSSR count). The van der Waals surface area contributed by atoms with Crippen molar-refractivity contribution in [3.8, 4) is 11.3 Å². The average Bonchev–Trinajstić information content (AvgIpc) is 3.17. The molecule has 0 spiro atoms. The van der Waals surface area contributed by atoms with Crippen molar-refractivity contribution in [1.82, 2.24) is 30.4 Å². The summed E-state index contributed by atoms with van der Waals surface area (Å²) in [6, 6.07) is 18.8. The third kappa shape index (κ3) is 3.78. The molecule has 0 aliphatic carbocycles. The molecule has 8 heteroatoms. The number of amides is 2. The molecule has 33 heavy (non-hydrogen) atoms. The van der Waals surface area contributed by atoms with Crippen LogP contribution in [0.1, 0.15) is 32.0 Å². The molecule has 162 valence electrons. The maximum atomic E-state index is 13.1. The van der Waals surface area contributed by atoms with Crippen LogP contribution in [-0.2, 0) is 0 Å². The normalized spacial score (nSPS) is 11.0. The molecule has 0 bridgehead atoms. The van der Waals surface area contributed by atoms with Crippen LogP contribution in [0.25, 0.3) is 27.8 Å². The predicted octanol–water partition coefficient (Wildman–Crippen LogP) is 3.64. The summed E-state index contributed by atoms with van der Waals surface area (Å²) in [7, 11) is 0.